The van der Waals surface area contributed by atoms with E-state index in [2.05, 4.69) is 29.5 Å². The number of anilines is 1. The molecule has 2 aromatic heterocycles. The Kier molecular flexibility index (Phi) is 8.48. The molecule has 10 heteroatoms. The Morgan fingerprint density at radius 1 is 1.11 bits per heavy atom. The Balaban J connectivity index is 1.41. The number of aliphatic hydroxyl groups is 1. The largest absolute Gasteiger partial charge is 0.391 e. The number of alkyl halides is 3. The van der Waals surface area contributed by atoms with Crippen molar-refractivity contribution < 1.29 is 27.8 Å². The van der Waals surface area contributed by atoms with Gasteiger partial charge in [0.05, 0.1) is 18.7 Å². The maximum atomic E-state index is 12.3. The Bertz CT molecular complexity index is 1040. The third-order valence-corrected chi connectivity index (χ3v) is 8.82. The molecule has 0 saturated heterocycles. The van der Waals surface area contributed by atoms with Crippen LogP contribution in [0.2, 0.25) is 25.7 Å². The second-order valence-corrected chi connectivity index (χ2v) is 16.9. The summed E-state index contributed by atoms with van der Waals surface area (Å²) in [5.74, 6) is 0.278. The van der Waals surface area contributed by atoms with Gasteiger partial charge >= 0.3 is 6.18 Å². The Labute approximate surface area is 212 Å². The molecule has 0 spiro atoms. The summed E-state index contributed by atoms with van der Waals surface area (Å²) in [6.07, 6.45) is 5.37. The molecule has 0 aromatic carbocycles. The van der Waals surface area contributed by atoms with Crippen molar-refractivity contribution in [3.63, 3.8) is 0 Å². The second-order valence-electron chi connectivity index (χ2n) is 11.2. The minimum atomic E-state index is -4.17. The van der Waals surface area contributed by atoms with E-state index in [9.17, 15) is 18.3 Å². The van der Waals surface area contributed by atoms with Gasteiger partial charge in [-0.25, -0.2) is 4.98 Å². The van der Waals surface area contributed by atoms with Crippen LogP contribution in [-0.2, 0) is 16.2 Å². The van der Waals surface area contributed by atoms with Gasteiger partial charge in [0, 0.05) is 56.9 Å². The minimum Gasteiger partial charge on any atom is -0.384 e. The fraction of sp³-hybridized carbons (Fsp3) is 0.654. The van der Waals surface area contributed by atoms with Crippen molar-refractivity contribution in [2.45, 2.75) is 82.8 Å². The first kappa shape index (κ1) is 27.2. The third-order valence-electron chi connectivity index (χ3n) is 7.11. The number of aliphatic hydroxyl groups excluding tert-OH is 1. The molecule has 4 rings (SSSR count). The van der Waals surface area contributed by atoms with Crippen LogP contribution in [0.25, 0.3) is 11.0 Å². The van der Waals surface area contributed by atoms with Crippen molar-refractivity contribution in [1.29, 1.82) is 0 Å². The van der Waals surface area contributed by atoms with E-state index in [0.29, 0.717) is 13.3 Å². The van der Waals surface area contributed by atoms with Crippen LogP contribution in [0.3, 0.4) is 0 Å². The molecule has 36 heavy (non-hydrogen) atoms. The van der Waals surface area contributed by atoms with Crippen molar-refractivity contribution >= 4 is 24.8 Å². The van der Waals surface area contributed by atoms with Gasteiger partial charge in [0.2, 0.25) is 0 Å². The summed E-state index contributed by atoms with van der Waals surface area (Å²) in [5.41, 5.74) is 2.61. The fourth-order valence-corrected chi connectivity index (χ4v) is 5.73. The van der Waals surface area contributed by atoms with Gasteiger partial charge in [0.1, 0.15) is 18.5 Å². The van der Waals surface area contributed by atoms with Crippen LogP contribution in [0.1, 0.15) is 43.8 Å². The highest BCUT2D eigenvalue weighted by Crippen LogP contribution is 2.41. The molecule has 2 aliphatic rings. The molecule has 0 radical (unpaired) electrons. The van der Waals surface area contributed by atoms with Crippen molar-refractivity contribution in [3.8, 4) is 0 Å². The minimum absolute atomic E-state index is 0.251. The van der Waals surface area contributed by atoms with Gasteiger partial charge < -0.3 is 24.0 Å². The van der Waals surface area contributed by atoms with E-state index >= 15 is 0 Å². The molecule has 1 saturated carbocycles. The molecule has 1 unspecified atom stereocenters. The smallest absolute Gasteiger partial charge is 0.384 e. The van der Waals surface area contributed by atoms with E-state index in [4.69, 9.17) is 9.47 Å². The van der Waals surface area contributed by atoms with E-state index in [1.54, 1.807) is 12.3 Å². The summed E-state index contributed by atoms with van der Waals surface area (Å²) in [6, 6.07) is 3.40. The molecular formula is C26H38F3N3O3Si. The zero-order valence-corrected chi connectivity index (χ0v) is 22.4. The third kappa shape index (κ3) is 6.90. The van der Waals surface area contributed by atoms with E-state index in [-0.39, 0.29) is 18.6 Å². The summed E-state index contributed by atoms with van der Waals surface area (Å²) in [4.78, 5) is 6.91. The standard InChI is InChI=1S/C26H38F3N3O3Si/c1-36(2,3)15-14-35-18-31-11-8-21-24-22(16-30-25(21)31)23(33)9-12-32(24)20-6-4-19(5-7-20)17-34-13-10-26(27,28)29/h8-9,11-12,16,19-20,23,33H,4-7,10,13-15,17-18H2,1-3H3. The average molecular weight is 526 g/mol. The van der Waals surface area contributed by atoms with Crippen LogP contribution >= 0.6 is 0 Å². The zero-order chi connectivity index (χ0) is 25.9. The molecular weight excluding hydrogens is 487 g/mol. The number of hydrogen-bond acceptors (Lipinski definition) is 5. The molecule has 0 amide bonds. The van der Waals surface area contributed by atoms with Crippen LogP contribution in [-0.4, -0.2) is 54.8 Å². The lowest BCUT2D eigenvalue weighted by Crippen LogP contribution is -2.37. The Morgan fingerprint density at radius 3 is 2.56 bits per heavy atom. The maximum Gasteiger partial charge on any atom is 0.391 e. The van der Waals surface area contributed by atoms with E-state index in [1.165, 1.54) is 0 Å². The molecule has 1 atom stereocenters. The average Bonchev–Trinajstić information content (AvgIpc) is 3.22. The number of hydrogen-bond donors (Lipinski definition) is 1. The van der Waals surface area contributed by atoms with Crippen LogP contribution < -0.4 is 4.90 Å². The Hall–Kier alpha value is -1.88. The normalized spacial score (nSPS) is 22.9. The van der Waals surface area contributed by atoms with Crippen molar-refractivity contribution in [2.75, 3.05) is 24.7 Å². The highest BCUT2D eigenvalue weighted by atomic mass is 28.3. The van der Waals surface area contributed by atoms with E-state index < -0.39 is 26.8 Å². The summed E-state index contributed by atoms with van der Waals surface area (Å²) in [7, 11) is -1.16. The van der Waals surface area contributed by atoms with Gasteiger partial charge in [-0.2, -0.15) is 13.2 Å². The van der Waals surface area contributed by atoms with Crippen molar-refractivity contribution in [1.82, 2.24) is 9.55 Å². The monoisotopic (exact) mass is 525 g/mol. The number of rotatable bonds is 10. The molecule has 0 bridgehead atoms. The molecule has 1 fully saturated rings. The molecule has 1 aliphatic carbocycles. The van der Waals surface area contributed by atoms with Gasteiger partial charge in [-0.15, -0.1) is 0 Å². The zero-order valence-electron chi connectivity index (χ0n) is 21.4. The summed E-state index contributed by atoms with van der Waals surface area (Å²) in [6.45, 7) is 8.27. The first-order valence-corrected chi connectivity index (χ1v) is 16.6. The van der Waals surface area contributed by atoms with Gasteiger partial charge in [-0.3, -0.25) is 0 Å². The molecule has 1 N–H and O–H groups in total. The molecule has 3 heterocycles. The predicted octanol–water partition coefficient (Wildman–Crippen LogP) is 6.24. The van der Waals surface area contributed by atoms with Crippen LogP contribution in [0.4, 0.5) is 18.9 Å². The van der Waals surface area contributed by atoms with Crippen LogP contribution in [0.5, 0.6) is 0 Å². The quantitative estimate of drug-likeness (QED) is 0.294. The number of nitrogens with zero attached hydrogens (tertiary/aromatic N) is 3. The van der Waals surface area contributed by atoms with Gasteiger partial charge in [0.15, 0.2) is 0 Å². The molecule has 6 nitrogen and oxygen atoms in total. The maximum absolute atomic E-state index is 12.3. The Morgan fingerprint density at radius 2 is 1.86 bits per heavy atom. The topological polar surface area (TPSA) is 59.8 Å². The molecule has 1 aliphatic heterocycles. The first-order chi connectivity index (χ1) is 17.0. The van der Waals surface area contributed by atoms with Gasteiger partial charge in [-0.1, -0.05) is 19.6 Å². The lowest BCUT2D eigenvalue weighted by molar-refractivity contribution is -0.146. The van der Waals surface area contributed by atoms with Crippen molar-refractivity contribution in [3.05, 3.63) is 36.3 Å². The number of aromatic nitrogens is 2. The SMILES string of the molecule is C[Si](C)(C)CCOCn1ccc2c3c(cnc21)C(O)C=CN3C1CCC(COCCC(F)(F)F)CC1. The number of fused-ring (bicyclic) bond motifs is 3. The predicted molar refractivity (Wildman–Crippen MR) is 138 cm³/mol. The van der Waals surface area contributed by atoms with Crippen LogP contribution in [0, 0.1) is 5.92 Å². The summed E-state index contributed by atoms with van der Waals surface area (Å²) in [5, 5.41) is 11.6. The van der Waals surface area contributed by atoms with Gasteiger partial charge in [0.25, 0.3) is 0 Å². The van der Waals surface area contributed by atoms with Crippen molar-refractivity contribution in [2.24, 2.45) is 5.92 Å². The first-order valence-electron chi connectivity index (χ1n) is 12.9. The second kappa shape index (κ2) is 11.2. The number of ether oxygens (including phenoxy) is 2. The van der Waals surface area contributed by atoms with E-state index in [1.807, 2.05) is 23.0 Å². The summed E-state index contributed by atoms with van der Waals surface area (Å²) < 4.78 is 50.3. The number of pyridine rings is 1. The van der Waals surface area contributed by atoms with E-state index in [0.717, 1.165) is 60.6 Å². The lowest BCUT2D eigenvalue weighted by atomic mass is 9.85. The molecule has 2 aromatic rings. The molecule has 200 valence electrons. The highest BCUT2D eigenvalue weighted by Gasteiger charge is 2.32. The van der Waals surface area contributed by atoms with Gasteiger partial charge in [-0.05, 0) is 49.8 Å². The fourth-order valence-electron chi connectivity index (χ4n) is 4.97. The van der Waals surface area contributed by atoms with Crippen LogP contribution in [0.15, 0.2) is 30.7 Å². The number of halogens is 3. The highest BCUT2D eigenvalue weighted by molar-refractivity contribution is 6.76. The lowest BCUT2D eigenvalue weighted by Gasteiger charge is -2.39. The summed E-state index contributed by atoms with van der Waals surface area (Å²) >= 11 is 0.